The van der Waals surface area contributed by atoms with Crippen LogP contribution in [0.1, 0.15) is 36.9 Å². The summed E-state index contributed by atoms with van der Waals surface area (Å²) in [6, 6.07) is 22.0. The zero-order valence-corrected chi connectivity index (χ0v) is 18.7. The molecule has 1 N–H and O–H groups in total. The van der Waals surface area contributed by atoms with Crippen molar-refractivity contribution in [3.8, 4) is 6.07 Å². The predicted octanol–water partition coefficient (Wildman–Crippen LogP) is 3.99. The summed E-state index contributed by atoms with van der Waals surface area (Å²) in [5, 5.41) is 14.3. The molecule has 164 valence electrons. The number of rotatable bonds is 5. The summed E-state index contributed by atoms with van der Waals surface area (Å²) < 4.78 is 27.2. The molecule has 0 unspecified atom stereocenters. The van der Waals surface area contributed by atoms with Gasteiger partial charge in [0.05, 0.1) is 22.6 Å². The minimum atomic E-state index is -3.63. The summed E-state index contributed by atoms with van der Waals surface area (Å²) in [4.78, 5) is 13.0. The summed E-state index contributed by atoms with van der Waals surface area (Å²) >= 11 is 0. The van der Waals surface area contributed by atoms with E-state index in [1.54, 1.807) is 0 Å². The van der Waals surface area contributed by atoms with Gasteiger partial charge in [0.1, 0.15) is 0 Å². The van der Waals surface area contributed by atoms with Gasteiger partial charge < -0.3 is 5.32 Å². The van der Waals surface area contributed by atoms with E-state index in [4.69, 9.17) is 5.26 Å². The van der Waals surface area contributed by atoms with E-state index in [-0.39, 0.29) is 22.8 Å². The van der Waals surface area contributed by atoms with Crippen molar-refractivity contribution < 1.29 is 13.2 Å². The second-order valence-corrected chi connectivity index (χ2v) is 10.1. The molecular weight excluding hydrogens is 422 g/mol. The molecule has 1 heterocycles. The number of amides is 1. The number of hydrogen-bond acceptors (Lipinski definition) is 4. The highest BCUT2D eigenvalue weighted by Gasteiger charge is 2.32. The second-order valence-electron chi connectivity index (χ2n) is 8.15. The molecule has 4 rings (SSSR count). The van der Waals surface area contributed by atoms with Crippen molar-refractivity contribution in [3.63, 3.8) is 0 Å². The molecule has 1 fully saturated rings. The highest BCUT2D eigenvalue weighted by atomic mass is 32.2. The molecular formula is C25H25N3O3S. The zero-order valence-electron chi connectivity index (χ0n) is 17.9. The normalized spacial score (nSPS) is 16.4. The van der Waals surface area contributed by atoms with Crippen molar-refractivity contribution >= 4 is 26.7 Å². The quantitative estimate of drug-likeness (QED) is 0.640. The molecule has 6 nitrogen and oxygen atoms in total. The molecule has 3 aromatic rings. The van der Waals surface area contributed by atoms with Crippen LogP contribution in [0.4, 0.5) is 0 Å². The number of hydrogen-bond donors (Lipinski definition) is 1. The van der Waals surface area contributed by atoms with Crippen LogP contribution in [0.15, 0.2) is 71.6 Å². The van der Waals surface area contributed by atoms with Gasteiger partial charge in [-0.3, -0.25) is 4.79 Å². The van der Waals surface area contributed by atoms with Crippen LogP contribution in [-0.2, 0) is 14.8 Å². The van der Waals surface area contributed by atoms with E-state index in [2.05, 4.69) is 29.6 Å². The Morgan fingerprint density at radius 3 is 2.34 bits per heavy atom. The Morgan fingerprint density at radius 1 is 1.03 bits per heavy atom. The van der Waals surface area contributed by atoms with Gasteiger partial charge in [0.25, 0.3) is 0 Å². The van der Waals surface area contributed by atoms with Crippen molar-refractivity contribution in [2.75, 3.05) is 13.1 Å². The fourth-order valence-corrected chi connectivity index (χ4v) is 5.57. The fraction of sp³-hybridized carbons (Fsp3) is 0.280. The lowest BCUT2D eigenvalue weighted by atomic mass is 9.96. The number of nitrogens with one attached hydrogen (secondary N) is 1. The molecule has 1 amide bonds. The van der Waals surface area contributed by atoms with E-state index in [1.807, 2.05) is 31.2 Å². The second kappa shape index (κ2) is 9.11. The van der Waals surface area contributed by atoms with Crippen LogP contribution >= 0.6 is 0 Å². The number of sulfonamides is 1. The number of benzene rings is 3. The Bertz CT molecular complexity index is 1270. The molecule has 0 saturated carbocycles. The smallest absolute Gasteiger partial charge is 0.243 e. The van der Waals surface area contributed by atoms with Crippen molar-refractivity contribution in [3.05, 3.63) is 77.9 Å². The number of nitriles is 1. The molecule has 0 aliphatic carbocycles. The molecule has 1 aliphatic rings. The number of piperidine rings is 1. The van der Waals surface area contributed by atoms with Crippen molar-refractivity contribution in [1.82, 2.24) is 9.62 Å². The van der Waals surface area contributed by atoms with E-state index in [9.17, 15) is 13.2 Å². The summed E-state index contributed by atoms with van der Waals surface area (Å²) in [6.45, 7) is 2.56. The zero-order chi connectivity index (χ0) is 22.7. The van der Waals surface area contributed by atoms with Gasteiger partial charge in [0, 0.05) is 19.0 Å². The Balaban J connectivity index is 1.36. The fourth-order valence-electron chi connectivity index (χ4n) is 4.10. The first kappa shape index (κ1) is 22.0. The van der Waals surface area contributed by atoms with E-state index in [0.29, 0.717) is 31.5 Å². The van der Waals surface area contributed by atoms with Gasteiger partial charge in [-0.1, -0.05) is 36.4 Å². The Morgan fingerprint density at radius 2 is 1.69 bits per heavy atom. The SMILES string of the molecule is C[C@H](NC(=O)C1CCN(S(=O)(=O)c2ccc(C#N)cc2)CC1)c1ccc2ccccc2c1. The number of nitrogens with zero attached hydrogens (tertiary/aromatic N) is 2. The highest BCUT2D eigenvalue weighted by molar-refractivity contribution is 7.89. The summed E-state index contributed by atoms with van der Waals surface area (Å²) in [7, 11) is -3.63. The Labute approximate surface area is 188 Å². The van der Waals surface area contributed by atoms with Crippen molar-refractivity contribution in [2.24, 2.45) is 5.92 Å². The van der Waals surface area contributed by atoms with Crippen LogP contribution in [0, 0.1) is 17.2 Å². The van der Waals surface area contributed by atoms with Crippen LogP contribution < -0.4 is 5.32 Å². The lowest BCUT2D eigenvalue weighted by Crippen LogP contribution is -2.43. The van der Waals surface area contributed by atoms with Gasteiger partial charge >= 0.3 is 0 Å². The van der Waals surface area contributed by atoms with Gasteiger partial charge in [-0.05, 0) is 66.4 Å². The largest absolute Gasteiger partial charge is 0.349 e. The van der Waals surface area contributed by atoms with Crippen LogP contribution in [-0.4, -0.2) is 31.7 Å². The van der Waals surface area contributed by atoms with Crippen LogP contribution in [0.2, 0.25) is 0 Å². The molecule has 1 atom stereocenters. The van der Waals surface area contributed by atoms with E-state index < -0.39 is 10.0 Å². The average molecular weight is 448 g/mol. The molecule has 0 aromatic heterocycles. The first-order valence-corrected chi connectivity index (χ1v) is 12.1. The average Bonchev–Trinajstić information content (AvgIpc) is 2.83. The van der Waals surface area contributed by atoms with Gasteiger partial charge in [-0.2, -0.15) is 9.57 Å². The lowest BCUT2D eigenvalue weighted by molar-refractivity contribution is -0.126. The van der Waals surface area contributed by atoms with Gasteiger partial charge in [0.15, 0.2) is 0 Å². The first-order chi connectivity index (χ1) is 15.4. The monoisotopic (exact) mass is 447 g/mol. The molecule has 0 spiro atoms. The van der Waals surface area contributed by atoms with E-state index >= 15 is 0 Å². The van der Waals surface area contributed by atoms with Crippen LogP contribution in [0.5, 0.6) is 0 Å². The predicted molar refractivity (Wildman–Crippen MR) is 123 cm³/mol. The molecule has 0 radical (unpaired) electrons. The van der Waals surface area contributed by atoms with Crippen LogP contribution in [0.25, 0.3) is 10.8 Å². The molecule has 1 aliphatic heterocycles. The number of carbonyl (C=O) groups excluding carboxylic acids is 1. The third kappa shape index (κ3) is 4.52. The molecule has 1 saturated heterocycles. The van der Waals surface area contributed by atoms with E-state index in [1.165, 1.54) is 28.6 Å². The Kier molecular flexibility index (Phi) is 6.26. The van der Waals surface area contributed by atoms with E-state index in [0.717, 1.165) is 16.3 Å². The minimum Gasteiger partial charge on any atom is -0.349 e. The third-order valence-electron chi connectivity index (χ3n) is 6.08. The van der Waals surface area contributed by atoms with Gasteiger partial charge in [0.2, 0.25) is 15.9 Å². The Hall–Kier alpha value is -3.21. The van der Waals surface area contributed by atoms with Crippen molar-refractivity contribution in [1.29, 1.82) is 5.26 Å². The summed E-state index contributed by atoms with van der Waals surface area (Å²) in [6.07, 6.45) is 0.956. The maximum Gasteiger partial charge on any atom is 0.243 e. The molecule has 0 bridgehead atoms. The third-order valence-corrected chi connectivity index (χ3v) is 7.99. The lowest BCUT2D eigenvalue weighted by Gasteiger charge is -2.31. The van der Waals surface area contributed by atoms with Gasteiger partial charge in [-0.15, -0.1) is 0 Å². The summed E-state index contributed by atoms with van der Waals surface area (Å²) in [5.41, 5.74) is 1.46. The van der Waals surface area contributed by atoms with Gasteiger partial charge in [-0.25, -0.2) is 8.42 Å². The first-order valence-electron chi connectivity index (χ1n) is 10.7. The highest BCUT2D eigenvalue weighted by Crippen LogP contribution is 2.26. The van der Waals surface area contributed by atoms with Crippen molar-refractivity contribution in [2.45, 2.75) is 30.7 Å². The summed E-state index contributed by atoms with van der Waals surface area (Å²) in [5.74, 6) is -0.258. The number of carbonyl (C=O) groups is 1. The van der Waals surface area contributed by atoms with Crippen LogP contribution in [0.3, 0.4) is 0 Å². The maximum absolute atomic E-state index is 12.9. The standard InChI is InChI=1S/C25H25N3O3S/c1-18(22-9-8-20-4-2-3-5-23(20)16-22)27-25(29)21-12-14-28(15-13-21)32(30,31)24-10-6-19(17-26)7-11-24/h2-11,16,18,21H,12-15H2,1H3,(H,27,29)/t18-/m0/s1. The molecule has 3 aromatic carbocycles. The maximum atomic E-state index is 12.9. The topological polar surface area (TPSA) is 90.3 Å². The number of fused-ring (bicyclic) bond motifs is 1. The molecule has 32 heavy (non-hydrogen) atoms. The minimum absolute atomic E-state index is 0.0407. The molecule has 7 heteroatoms.